The Bertz CT molecular complexity index is 1910. The fourth-order valence-corrected chi connectivity index (χ4v) is 16.2. The molecule has 0 aromatic rings. The number of aliphatic hydroxyl groups excluding tert-OH is 3. The average Bonchev–Trinajstić information content (AvgIpc) is 3.62. The molecule has 17 atom stereocenters. The Balaban J connectivity index is 0.000000162. The molecule has 9 nitrogen and oxygen atoms in total. The molecule has 0 amide bonds. The van der Waals surface area contributed by atoms with Crippen LogP contribution in [0.3, 0.4) is 0 Å². The first-order valence-corrected chi connectivity index (χ1v) is 22.2. The fourth-order valence-electron chi connectivity index (χ4n) is 15.4. The molecule has 1 heterocycles. The van der Waals surface area contributed by atoms with Crippen molar-refractivity contribution in [2.75, 3.05) is 12.5 Å². The standard InChI is InChI=1S/C24H33FO5.C22H28Cl2O4/c1-21(2)29-19-11-15-14-10-17(25)16-9-13(27)5-6-22(16,3)20(14)18(28)12-23(15,4)24(19,30-21)7-8-26;1-12-8-16-15-5-4-13-9-14(25)6-7-19(13,2)21(15,24)17(26)10-20(16,3)22(12,28)18(27)11-23/h5-6,9,14-15,17-20,26,28H,7-8,10-12H2,1-4H3;6-7,9,12,15-17,26,28H,4-5,8,10-11H2,1-3H3/t14-,15-,17-,18-,19+,20+,22-,23-,24+;12-,15?,16+,17+,19+,20+,21+,22+/m01/s1. The van der Waals surface area contributed by atoms with E-state index in [0.29, 0.717) is 31.3 Å². The average molecular weight is 848 g/mol. The van der Waals surface area contributed by atoms with Crippen LogP contribution in [-0.4, -0.2) is 96.6 Å². The van der Waals surface area contributed by atoms with Gasteiger partial charge in [-0.2, -0.15) is 0 Å². The highest BCUT2D eigenvalue weighted by molar-refractivity contribution is 6.29. The quantitative estimate of drug-likeness (QED) is 0.233. The number of hydrogen-bond donors (Lipinski definition) is 4. The maximum absolute atomic E-state index is 15.4. The SMILES string of the molecule is CC1(C)O[C@@H]2C[C@H]3[C@@H]4C[C@H](F)C5=CC(=O)C=C[C@]5(C)[C@H]4[C@@H](O)C[C@]3(C)[C@]2(CCO)O1.C[C@@H]1C[C@H]2C3CCC4=CC(=O)C=C[C@]4(C)[C@@]3(Cl)[C@@H](O)C[C@]2(C)[C@@]1(O)C(=O)CCl. The van der Waals surface area contributed by atoms with Gasteiger partial charge in [0.25, 0.3) is 0 Å². The molecule has 58 heavy (non-hydrogen) atoms. The number of hydrogen-bond acceptors (Lipinski definition) is 9. The lowest BCUT2D eigenvalue weighted by Crippen LogP contribution is -2.68. The summed E-state index contributed by atoms with van der Waals surface area (Å²) in [6.45, 7) is 13.7. The molecule has 4 N–H and O–H groups in total. The number of rotatable bonds is 4. The molecule has 0 aromatic carbocycles. The molecule has 7 fully saturated rings. The number of Topliss-reactive ketones (excluding diaryl/α,β-unsaturated/α-hetero) is 1. The van der Waals surface area contributed by atoms with E-state index in [4.69, 9.17) is 32.7 Å². The largest absolute Gasteiger partial charge is 0.396 e. The van der Waals surface area contributed by atoms with Crippen molar-refractivity contribution in [1.29, 1.82) is 0 Å². The van der Waals surface area contributed by atoms with Gasteiger partial charge in [0.2, 0.25) is 0 Å². The van der Waals surface area contributed by atoms with Crippen molar-refractivity contribution in [2.45, 2.75) is 146 Å². The Labute approximate surface area is 351 Å². The molecule has 1 unspecified atom stereocenters. The van der Waals surface area contributed by atoms with Crippen LogP contribution < -0.4 is 0 Å². The smallest absolute Gasteiger partial charge is 0.179 e. The van der Waals surface area contributed by atoms with E-state index < -0.39 is 61.9 Å². The van der Waals surface area contributed by atoms with Gasteiger partial charge in [0.1, 0.15) is 17.4 Å². The number of ketones is 3. The summed E-state index contributed by atoms with van der Waals surface area (Å²) in [5.41, 5.74) is -3.29. The molecule has 0 bridgehead atoms. The summed E-state index contributed by atoms with van der Waals surface area (Å²) >= 11 is 13.2. The fraction of sp³-hybridized carbons (Fsp3) is 0.761. The van der Waals surface area contributed by atoms with Gasteiger partial charge >= 0.3 is 0 Å². The Hall–Kier alpha value is -1.76. The molecule has 0 spiro atoms. The zero-order valence-electron chi connectivity index (χ0n) is 34.8. The molecule has 320 valence electrons. The van der Waals surface area contributed by atoms with E-state index in [1.165, 1.54) is 12.2 Å². The molecule has 1 saturated heterocycles. The summed E-state index contributed by atoms with van der Waals surface area (Å²) in [6.07, 6.45) is 11.2. The maximum atomic E-state index is 15.4. The number of carbonyl (C=O) groups excluding carboxylic acids is 3. The molecule has 0 radical (unpaired) electrons. The summed E-state index contributed by atoms with van der Waals surface area (Å²) in [5, 5.41) is 44.3. The van der Waals surface area contributed by atoms with E-state index in [1.807, 2.05) is 53.7 Å². The van der Waals surface area contributed by atoms with E-state index in [0.717, 1.165) is 24.8 Å². The molecular formula is C46H61Cl2FO9. The first-order valence-electron chi connectivity index (χ1n) is 21.3. The predicted octanol–water partition coefficient (Wildman–Crippen LogP) is 6.51. The second kappa shape index (κ2) is 13.6. The van der Waals surface area contributed by atoms with Gasteiger partial charge in [-0.3, -0.25) is 14.4 Å². The van der Waals surface area contributed by atoms with Crippen molar-refractivity contribution >= 4 is 40.6 Å². The topological polar surface area (TPSA) is 151 Å². The molecule has 6 saturated carbocycles. The highest BCUT2D eigenvalue weighted by Gasteiger charge is 2.76. The van der Waals surface area contributed by atoms with E-state index in [-0.39, 0.29) is 77.9 Å². The van der Waals surface area contributed by atoms with Gasteiger partial charge in [0.05, 0.1) is 29.1 Å². The van der Waals surface area contributed by atoms with Crippen molar-refractivity contribution in [1.82, 2.24) is 0 Å². The van der Waals surface area contributed by atoms with Crippen molar-refractivity contribution in [3.63, 3.8) is 0 Å². The zero-order chi connectivity index (χ0) is 42.4. The number of alkyl halides is 3. The molecule has 9 rings (SSSR count). The van der Waals surface area contributed by atoms with Gasteiger partial charge < -0.3 is 29.9 Å². The molecule has 8 aliphatic carbocycles. The second-order valence-electron chi connectivity index (χ2n) is 20.7. The minimum Gasteiger partial charge on any atom is -0.396 e. The summed E-state index contributed by atoms with van der Waals surface area (Å²) in [6, 6.07) is 0. The van der Waals surface area contributed by atoms with Gasteiger partial charge in [0, 0.05) is 40.6 Å². The number of aliphatic hydroxyl groups is 4. The third-order valence-corrected chi connectivity index (χ3v) is 19.1. The van der Waals surface area contributed by atoms with Crippen molar-refractivity contribution < 1.29 is 48.7 Å². The normalized spacial score (nSPS) is 53.1. The van der Waals surface area contributed by atoms with Gasteiger partial charge in [-0.15, -0.1) is 23.2 Å². The van der Waals surface area contributed by atoms with Gasteiger partial charge in [0.15, 0.2) is 23.1 Å². The minimum atomic E-state index is -1.56. The van der Waals surface area contributed by atoms with Crippen LogP contribution >= 0.6 is 23.2 Å². The van der Waals surface area contributed by atoms with Crippen LogP contribution in [0, 0.1) is 57.2 Å². The van der Waals surface area contributed by atoms with Crippen molar-refractivity contribution in [2.24, 2.45) is 57.2 Å². The Kier molecular flexibility index (Phi) is 10.1. The van der Waals surface area contributed by atoms with Crippen LogP contribution in [0.5, 0.6) is 0 Å². The lowest BCUT2D eigenvalue weighted by molar-refractivity contribution is -0.231. The number of ether oxygens (including phenoxy) is 2. The van der Waals surface area contributed by atoms with Crippen molar-refractivity contribution in [3.8, 4) is 0 Å². The molecule has 12 heteroatoms. The summed E-state index contributed by atoms with van der Waals surface area (Å²) in [7, 11) is 0. The Morgan fingerprint density at radius 1 is 0.931 bits per heavy atom. The molecule has 9 aliphatic rings. The van der Waals surface area contributed by atoms with Crippen LogP contribution in [0.15, 0.2) is 47.6 Å². The molecular weight excluding hydrogens is 786 g/mol. The summed E-state index contributed by atoms with van der Waals surface area (Å²) in [4.78, 5) is 35.6. The highest BCUT2D eigenvalue weighted by Crippen LogP contribution is 2.73. The molecule has 1 aliphatic heterocycles. The lowest BCUT2D eigenvalue weighted by atomic mass is 9.45. The number of fused-ring (bicyclic) bond motifs is 12. The third-order valence-electron chi connectivity index (χ3n) is 17.9. The van der Waals surface area contributed by atoms with E-state index in [2.05, 4.69) is 6.92 Å². The van der Waals surface area contributed by atoms with E-state index in [1.54, 1.807) is 12.2 Å². The maximum Gasteiger partial charge on any atom is 0.179 e. The minimum absolute atomic E-state index is 0.00929. The Morgan fingerprint density at radius 3 is 2.28 bits per heavy atom. The van der Waals surface area contributed by atoms with Gasteiger partial charge in [-0.05, 0) is 118 Å². The number of allylic oxidation sites excluding steroid dienone is 8. The first kappa shape index (κ1) is 42.9. The predicted molar refractivity (Wildman–Crippen MR) is 216 cm³/mol. The lowest BCUT2D eigenvalue weighted by Gasteiger charge is -2.63. The van der Waals surface area contributed by atoms with E-state index in [9.17, 15) is 34.8 Å². The van der Waals surface area contributed by atoms with Crippen LogP contribution in [0.2, 0.25) is 0 Å². The second-order valence-corrected chi connectivity index (χ2v) is 21.6. The summed E-state index contributed by atoms with van der Waals surface area (Å²) in [5.74, 6) is -2.03. The van der Waals surface area contributed by atoms with E-state index >= 15 is 4.39 Å². The Morgan fingerprint density at radius 2 is 1.60 bits per heavy atom. The van der Waals surface area contributed by atoms with Crippen molar-refractivity contribution in [3.05, 3.63) is 47.6 Å². The molecule has 0 aromatic heterocycles. The third kappa shape index (κ3) is 5.37. The number of carbonyl (C=O) groups is 3. The van der Waals surface area contributed by atoms with Gasteiger partial charge in [-0.25, -0.2) is 4.39 Å². The number of halogens is 3. The highest BCUT2D eigenvalue weighted by atomic mass is 35.5. The monoisotopic (exact) mass is 846 g/mol. The van der Waals surface area contributed by atoms with Gasteiger partial charge in [-0.1, -0.05) is 52.3 Å². The van der Waals surface area contributed by atoms with Crippen LogP contribution in [0.1, 0.15) is 99.8 Å². The van der Waals surface area contributed by atoms with Crippen LogP contribution in [0.4, 0.5) is 4.39 Å². The first-order chi connectivity index (χ1) is 26.9. The summed E-state index contributed by atoms with van der Waals surface area (Å²) < 4.78 is 28.2. The van der Waals surface area contributed by atoms with Crippen LogP contribution in [0.25, 0.3) is 0 Å². The van der Waals surface area contributed by atoms with Crippen LogP contribution in [-0.2, 0) is 23.9 Å². The zero-order valence-corrected chi connectivity index (χ0v) is 36.3.